The van der Waals surface area contributed by atoms with Crippen molar-refractivity contribution >= 4 is 29.1 Å². The van der Waals surface area contributed by atoms with Gasteiger partial charge in [0.2, 0.25) is 11.8 Å². The van der Waals surface area contributed by atoms with Crippen LogP contribution in [0.15, 0.2) is 54.7 Å². The number of methoxy groups -OCH3 is 2. The molecule has 0 aliphatic carbocycles. The Hall–Kier alpha value is -3.76. The fraction of sp³-hybridized carbons (Fsp3) is 0.395. The fourth-order valence-electron chi connectivity index (χ4n) is 7.63. The van der Waals surface area contributed by atoms with Crippen LogP contribution in [0.4, 0.5) is 4.39 Å². The Labute approximate surface area is 296 Å². The number of ether oxygens (including phenoxy) is 2. The number of benzene rings is 2. The number of alkyl halides is 1. The molecule has 3 aliphatic rings. The van der Waals surface area contributed by atoms with Gasteiger partial charge in [0.1, 0.15) is 5.75 Å². The van der Waals surface area contributed by atoms with E-state index in [4.69, 9.17) is 37.7 Å². The summed E-state index contributed by atoms with van der Waals surface area (Å²) < 4.78 is 24.4. The first-order chi connectivity index (χ1) is 23.7. The van der Waals surface area contributed by atoms with Crippen LogP contribution in [0.2, 0.25) is 10.0 Å². The molecule has 7 rings (SSSR count). The van der Waals surface area contributed by atoms with Crippen LogP contribution in [0.3, 0.4) is 0 Å². The summed E-state index contributed by atoms with van der Waals surface area (Å²) in [5, 5.41) is 1.03. The molecule has 2 aromatic heterocycles. The molecule has 0 bridgehead atoms. The average Bonchev–Trinajstić information content (AvgIpc) is 3.07. The number of aromatic nitrogens is 2. The minimum Gasteiger partial charge on any atom is -0.496 e. The topological polar surface area (TPSA) is 71.0 Å². The minimum atomic E-state index is -0.312. The van der Waals surface area contributed by atoms with Crippen molar-refractivity contribution in [1.29, 1.82) is 0 Å². The van der Waals surface area contributed by atoms with Crippen molar-refractivity contribution in [3.63, 3.8) is 0 Å². The second-order valence-electron chi connectivity index (χ2n) is 13.5. The predicted octanol–water partition coefficient (Wildman–Crippen LogP) is 7.18. The normalized spacial score (nSPS) is 17.0. The maximum atomic E-state index is 12.8. The van der Waals surface area contributed by atoms with Gasteiger partial charge in [-0.2, -0.15) is 0 Å². The van der Waals surface area contributed by atoms with Crippen molar-refractivity contribution in [3.8, 4) is 45.3 Å². The largest absolute Gasteiger partial charge is 0.496 e. The van der Waals surface area contributed by atoms with Crippen molar-refractivity contribution in [3.05, 3.63) is 81.5 Å². The molecule has 8 nitrogen and oxygen atoms in total. The number of fused-ring (bicyclic) bond motifs is 1. The van der Waals surface area contributed by atoms with Crippen LogP contribution >= 0.6 is 23.2 Å². The molecule has 0 radical (unpaired) electrons. The van der Waals surface area contributed by atoms with Gasteiger partial charge in [0.25, 0.3) is 0 Å². The molecule has 5 heterocycles. The summed E-state index contributed by atoms with van der Waals surface area (Å²) in [4.78, 5) is 27.7. The molecule has 3 aliphatic heterocycles. The van der Waals surface area contributed by atoms with E-state index in [0.717, 1.165) is 97.9 Å². The second kappa shape index (κ2) is 13.9. The van der Waals surface area contributed by atoms with E-state index in [9.17, 15) is 9.18 Å². The number of pyridine rings is 2. The number of halogens is 3. The summed E-state index contributed by atoms with van der Waals surface area (Å²) in [6.07, 6.45) is 3.12. The van der Waals surface area contributed by atoms with Gasteiger partial charge >= 0.3 is 0 Å². The first-order valence-corrected chi connectivity index (χ1v) is 17.4. The number of likely N-dealkylation sites (tertiary alicyclic amines) is 2. The molecule has 11 heteroatoms. The summed E-state index contributed by atoms with van der Waals surface area (Å²) in [5.41, 5.74) is 8.09. The zero-order valence-corrected chi connectivity index (χ0v) is 29.6. The zero-order chi connectivity index (χ0) is 34.3. The lowest BCUT2D eigenvalue weighted by molar-refractivity contribution is -0.157. The van der Waals surface area contributed by atoms with E-state index in [-0.39, 0.29) is 18.0 Å². The van der Waals surface area contributed by atoms with Crippen molar-refractivity contribution < 1.29 is 18.7 Å². The second-order valence-corrected chi connectivity index (χ2v) is 14.2. The molecule has 0 atom stereocenters. The molecular weight excluding hydrogens is 664 g/mol. The molecule has 1 amide bonds. The van der Waals surface area contributed by atoms with E-state index in [1.165, 1.54) is 5.56 Å². The molecule has 2 aromatic carbocycles. The van der Waals surface area contributed by atoms with Crippen molar-refractivity contribution in [1.82, 2.24) is 24.7 Å². The number of amides is 1. The van der Waals surface area contributed by atoms with Crippen LogP contribution in [-0.2, 0) is 24.3 Å². The molecule has 0 unspecified atom stereocenters. The first-order valence-electron chi connectivity index (χ1n) is 16.7. The Balaban J connectivity index is 1.13. The molecule has 49 heavy (non-hydrogen) atoms. The summed E-state index contributed by atoms with van der Waals surface area (Å²) in [6, 6.07) is 15.9. The van der Waals surface area contributed by atoms with Crippen LogP contribution < -0.4 is 9.47 Å². The molecule has 2 fully saturated rings. The standard InChI is InChI=1S/C38H40Cl2FN5O3/c1-24(47)46-22-38(23-46)20-45(21-38)18-26-8-9-32(43-37(26)49-3)30-7-4-6-28(34(30)39)29-10-13-42-36(35(29)40)27-16-25-11-15-44(14-5-12-41)19-31(25)33(17-27)48-2/h4,6-10,13,16-17H,5,11-12,14-15,18-23H2,1-3H3. The SMILES string of the molecule is COc1cc(-c2nccc(-c3cccc(-c4ccc(CN5CC6(C5)CN(C(C)=O)C6)c(OC)n4)c3Cl)c2Cl)cc2c1CN(CCCF)CC2. The highest BCUT2D eigenvalue weighted by Crippen LogP contribution is 2.44. The molecule has 0 saturated carbocycles. The van der Waals surface area contributed by atoms with E-state index >= 15 is 0 Å². The molecule has 0 N–H and O–H groups in total. The summed E-state index contributed by atoms with van der Waals surface area (Å²) in [5.74, 6) is 1.49. The fourth-order valence-corrected chi connectivity index (χ4v) is 8.28. The van der Waals surface area contributed by atoms with Gasteiger partial charge in [-0.3, -0.25) is 24.0 Å². The third kappa shape index (κ3) is 6.50. The Morgan fingerprint density at radius 1 is 0.959 bits per heavy atom. The molecule has 2 saturated heterocycles. The summed E-state index contributed by atoms with van der Waals surface area (Å²) in [6.45, 7) is 7.97. The lowest BCUT2D eigenvalue weighted by atomic mass is 9.72. The third-order valence-electron chi connectivity index (χ3n) is 10.1. The van der Waals surface area contributed by atoms with Crippen LogP contribution in [-0.4, -0.2) is 90.7 Å². The Bertz CT molecular complexity index is 1870. The molecule has 4 aromatic rings. The number of carbonyl (C=O) groups is 1. The van der Waals surface area contributed by atoms with E-state index in [1.54, 1.807) is 27.3 Å². The highest BCUT2D eigenvalue weighted by atomic mass is 35.5. The number of hydrogen-bond acceptors (Lipinski definition) is 7. The monoisotopic (exact) mass is 703 g/mol. The summed E-state index contributed by atoms with van der Waals surface area (Å²) in [7, 11) is 3.31. The highest BCUT2D eigenvalue weighted by molar-refractivity contribution is 6.39. The number of rotatable bonds is 10. The van der Waals surface area contributed by atoms with Gasteiger partial charge in [-0.25, -0.2) is 4.98 Å². The van der Waals surface area contributed by atoms with E-state index in [1.807, 2.05) is 41.3 Å². The van der Waals surface area contributed by atoms with Gasteiger partial charge in [-0.05, 0) is 42.7 Å². The van der Waals surface area contributed by atoms with Gasteiger partial charge in [0.05, 0.1) is 42.3 Å². The van der Waals surface area contributed by atoms with Crippen LogP contribution in [0.1, 0.15) is 30.0 Å². The number of carbonyl (C=O) groups excluding carboxylic acids is 1. The van der Waals surface area contributed by atoms with Crippen LogP contribution in [0, 0.1) is 5.41 Å². The highest BCUT2D eigenvalue weighted by Gasteiger charge is 2.52. The Kier molecular flexibility index (Phi) is 9.54. The number of nitrogens with zero attached hydrogens (tertiary/aromatic N) is 5. The maximum absolute atomic E-state index is 12.8. The van der Waals surface area contributed by atoms with E-state index in [0.29, 0.717) is 33.7 Å². The quantitative estimate of drug-likeness (QED) is 0.173. The molecule has 256 valence electrons. The van der Waals surface area contributed by atoms with Gasteiger partial charge in [-0.15, -0.1) is 0 Å². The minimum absolute atomic E-state index is 0.149. The zero-order valence-electron chi connectivity index (χ0n) is 28.1. The van der Waals surface area contributed by atoms with Gasteiger partial charge < -0.3 is 14.4 Å². The smallest absolute Gasteiger partial charge is 0.219 e. The van der Waals surface area contributed by atoms with Crippen molar-refractivity contribution in [2.24, 2.45) is 5.41 Å². The van der Waals surface area contributed by atoms with Crippen LogP contribution in [0.25, 0.3) is 33.6 Å². The lowest BCUT2D eigenvalue weighted by Crippen LogP contribution is -2.72. The van der Waals surface area contributed by atoms with Gasteiger partial charge in [0.15, 0.2) is 0 Å². The molecule has 1 spiro atoms. The predicted molar refractivity (Wildman–Crippen MR) is 191 cm³/mol. The van der Waals surface area contributed by atoms with Crippen molar-refractivity contribution in [2.75, 3.05) is 60.2 Å². The van der Waals surface area contributed by atoms with E-state index in [2.05, 4.69) is 26.9 Å². The van der Waals surface area contributed by atoms with Gasteiger partial charge in [0, 0.05) is 104 Å². The molecular formula is C38H40Cl2FN5O3. The van der Waals surface area contributed by atoms with Crippen LogP contribution in [0.5, 0.6) is 11.6 Å². The number of hydrogen-bond donors (Lipinski definition) is 0. The Morgan fingerprint density at radius 2 is 1.73 bits per heavy atom. The van der Waals surface area contributed by atoms with Gasteiger partial charge in [-0.1, -0.05) is 47.5 Å². The van der Waals surface area contributed by atoms with Crippen molar-refractivity contribution in [2.45, 2.75) is 32.9 Å². The first kappa shape index (κ1) is 33.7. The average molecular weight is 705 g/mol. The van der Waals surface area contributed by atoms with E-state index < -0.39 is 0 Å². The summed E-state index contributed by atoms with van der Waals surface area (Å²) >= 11 is 14.3. The third-order valence-corrected chi connectivity index (χ3v) is 10.9. The maximum Gasteiger partial charge on any atom is 0.219 e. The lowest BCUT2D eigenvalue weighted by Gasteiger charge is -2.60. The Morgan fingerprint density at radius 3 is 2.47 bits per heavy atom.